The van der Waals surface area contributed by atoms with Gasteiger partial charge in [-0.3, -0.25) is 14.7 Å². The third-order valence-corrected chi connectivity index (χ3v) is 4.96. The molecule has 7 nitrogen and oxygen atoms in total. The van der Waals surface area contributed by atoms with Gasteiger partial charge in [0.2, 0.25) is 11.8 Å². The van der Waals surface area contributed by atoms with Gasteiger partial charge in [0.25, 0.3) is 0 Å². The molecule has 0 aliphatic carbocycles. The Morgan fingerprint density at radius 2 is 2.20 bits per heavy atom. The van der Waals surface area contributed by atoms with E-state index in [-0.39, 0.29) is 24.2 Å². The predicted octanol–water partition coefficient (Wildman–Crippen LogP) is 1.36. The fourth-order valence-corrected chi connectivity index (χ4v) is 3.63. The highest BCUT2D eigenvalue weighted by Gasteiger charge is 2.38. The molecule has 2 aliphatic heterocycles. The SMILES string of the molecule is COc1ccccc1N1C[C@@H](C(=O)N2CCc3[nH]ncc3C2)CC1=O. The van der Waals surface area contributed by atoms with E-state index in [1.807, 2.05) is 29.2 Å². The number of rotatable bonds is 3. The molecule has 2 aliphatic rings. The van der Waals surface area contributed by atoms with Gasteiger partial charge in [-0.2, -0.15) is 5.10 Å². The lowest BCUT2D eigenvalue weighted by atomic mass is 10.0. The second-order valence-electron chi connectivity index (χ2n) is 6.46. The van der Waals surface area contributed by atoms with Gasteiger partial charge in [0, 0.05) is 43.7 Å². The summed E-state index contributed by atoms with van der Waals surface area (Å²) in [6.07, 6.45) is 2.79. The summed E-state index contributed by atoms with van der Waals surface area (Å²) in [6.45, 7) is 1.62. The van der Waals surface area contributed by atoms with Crippen LogP contribution in [0, 0.1) is 5.92 Å². The highest BCUT2D eigenvalue weighted by Crippen LogP contribution is 2.33. The molecule has 7 heteroatoms. The van der Waals surface area contributed by atoms with E-state index in [0.29, 0.717) is 25.4 Å². The van der Waals surface area contributed by atoms with Crippen LogP contribution >= 0.6 is 0 Å². The number of aromatic amines is 1. The third kappa shape index (κ3) is 2.75. The first kappa shape index (κ1) is 15.7. The van der Waals surface area contributed by atoms with Crippen LogP contribution in [0.2, 0.25) is 0 Å². The van der Waals surface area contributed by atoms with Crippen molar-refractivity contribution >= 4 is 17.5 Å². The lowest BCUT2D eigenvalue weighted by Crippen LogP contribution is -2.40. The van der Waals surface area contributed by atoms with E-state index in [2.05, 4.69) is 10.2 Å². The van der Waals surface area contributed by atoms with Gasteiger partial charge in [-0.25, -0.2) is 0 Å². The average molecular weight is 340 g/mol. The predicted molar refractivity (Wildman–Crippen MR) is 91.2 cm³/mol. The first-order chi connectivity index (χ1) is 12.2. The van der Waals surface area contributed by atoms with Gasteiger partial charge in [0.1, 0.15) is 5.75 Å². The van der Waals surface area contributed by atoms with Crippen LogP contribution in [0.3, 0.4) is 0 Å². The lowest BCUT2D eigenvalue weighted by molar-refractivity contribution is -0.136. The van der Waals surface area contributed by atoms with Crippen LogP contribution in [0.1, 0.15) is 17.7 Å². The average Bonchev–Trinajstić information content (AvgIpc) is 3.26. The molecule has 25 heavy (non-hydrogen) atoms. The molecule has 3 heterocycles. The number of para-hydroxylation sites is 2. The zero-order chi connectivity index (χ0) is 17.4. The number of hydrogen-bond acceptors (Lipinski definition) is 4. The first-order valence-electron chi connectivity index (χ1n) is 8.40. The van der Waals surface area contributed by atoms with E-state index < -0.39 is 0 Å². The van der Waals surface area contributed by atoms with Gasteiger partial charge < -0.3 is 14.5 Å². The number of hydrogen-bond donors (Lipinski definition) is 1. The lowest BCUT2D eigenvalue weighted by Gasteiger charge is -2.29. The molecule has 0 spiro atoms. The van der Waals surface area contributed by atoms with Crippen molar-refractivity contribution in [1.29, 1.82) is 0 Å². The minimum absolute atomic E-state index is 0.0381. The molecule has 1 aromatic heterocycles. The molecular weight excluding hydrogens is 320 g/mol. The molecule has 0 saturated carbocycles. The van der Waals surface area contributed by atoms with Crippen molar-refractivity contribution in [2.75, 3.05) is 25.1 Å². The molecular formula is C18H20N4O3. The molecule has 1 fully saturated rings. The molecule has 1 aromatic carbocycles. The Bertz CT molecular complexity index is 816. The summed E-state index contributed by atoms with van der Waals surface area (Å²) in [4.78, 5) is 28.9. The largest absolute Gasteiger partial charge is 0.495 e. The molecule has 2 aromatic rings. The van der Waals surface area contributed by atoms with Crippen LogP contribution < -0.4 is 9.64 Å². The van der Waals surface area contributed by atoms with Crippen LogP contribution in [0.25, 0.3) is 0 Å². The molecule has 0 unspecified atom stereocenters. The Morgan fingerprint density at radius 3 is 3.04 bits per heavy atom. The minimum atomic E-state index is -0.314. The fraction of sp³-hybridized carbons (Fsp3) is 0.389. The van der Waals surface area contributed by atoms with Crippen LogP contribution in [0.4, 0.5) is 5.69 Å². The van der Waals surface area contributed by atoms with E-state index in [4.69, 9.17) is 4.74 Å². The van der Waals surface area contributed by atoms with Gasteiger partial charge >= 0.3 is 0 Å². The van der Waals surface area contributed by atoms with Gasteiger partial charge in [-0.05, 0) is 12.1 Å². The van der Waals surface area contributed by atoms with Crippen molar-refractivity contribution in [3.05, 3.63) is 41.7 Å². The summed E-state index contributed by atoms with van der Waals surface area (Å²) < 4.78 is 5.35. The van der Waals surface area contributed by atoms with E-state index in [1.54, 1.807) is 18.2 Å². The Balaban J connectivity index is 1.50. The highest BCUT2D eigenvalue weighted by atomic mass is 16.5. The number of aromatic nitrogens is 2. The number of nitrogens with zero attached hydrogens (tertiary/aromatic N) is 3. The number of anilines is 1. The van der Waals surface area contributed by atoms with Crippen molar-refractivity contribution in [3.63, 3.8) is 0 Å². The number of fused-ring (bicyclic) bond motifs is 1. The zero-order valence-corrected chi connectivity index (χ0v) is 14.1. The maximum absolute atomic E-state index is 12.9. The third-order valence-electron chi connectivity index (χ3n) is 4.96. The van der Waals surface area contributed by atoms with E-state index in [9.17, 15) is 9.59 Å². The number of benzene rings is 1. The minimum Gasteiger partial charge on any atom is -0.495 e. The second kappa shape index (κ2) is 6.23. The molecule has 1 saturated heterocycles. The number of H-pyrrole nitrogens is 1. The Hall–Kier alpha value is -2.83. The number of amides is 2. The smallest absolute Gasteiger partial charge is 0.228 e. The summed E-state index contributed by atoms with van der Waals surface area (Å²) in [7, 11) is 1.58. The molecule has 130 valence electrons. The van der Waals surface area contributed by atoms with Crippen LogP contribution in [0.15, 0.2) is 30.5 Å². The summed E-state index contributed by atoms with van der Waals surface area (Å²) in [5.41, 5.74) is 2.88. The zero-order valence-electron chi connectivity index (χ0n) is 14.1. The second-order valence-corrected chi connectivity index (χ2v) is 6.46. The van der Waals surface area contributed by atoms with Gasteiger partial charge in [0.05, 0.1) is 24.9 Å². The van der Waals surface area contributed by atoms with Crippen molar-refractivity contribution < 1.29 is 14.3 Å². The van der Waals surface area contributed by atoms with Gasteiger partial charge in [-0.15, -0.1) is 0 Å². The number of ether oxygens (including phenoxy) is 1. The normalized spacial score (nSPS) is 19.9. The van der Waals surface area contributed by atoms with Crippen molar-refractivity contribution in [3.8, 4) is 5.75 Å². The van der Waals surface area contributed by atoms with Crippen LogP contribution in [0.5, 0.6) is 5.75 Å². The van der Waals surface area contributed by atoms with Crippen molar-refractivity contribution in [1.82, 2.24) is 15.1 Å². The Kier molecular flexibility index (Phi) is 3.91. The summed E-state index contributed by atoms with van der Waals surface area (Å²) >= 11 is 0. The molecule has 2 amide bonds. The standard InChI is InChI=1S/C18H20N4O3/c1-25-16-5-3-2-4-15(16)22-11-12(8-17(22)23)18(24)21-7-6-14-13(10-21)9-19-20-14/h2-5,9,12H,6-8,10-11H2,1H3,(H,19,20)/t12-/m0/s1. The Labute approximate surface area is 145 Å². The number of carbonyl (C=O) groups is 2. The maximum atomic E-state index is 12.9. The topological polar surface area (TPSA) is 78.5 Å². The van der Waals surface area contributed by atoms with E-state index in [0.717, 1.165) is 23.4 Å². The van der Waals surface area contributed by atoms with Crippen molar-refractivity contribution in [2.24, 2.45) is 5.92 Å². The molecule has 1 atom stereocenters. The first-order valence-corrected chi connectivity index (χ1v) is 8.40. The van der Waals surface area contributed by atoms with Crippen molar-refractivity contribution in [2.45, 2.75) is 19.4 Å². The van der Waals surface area contributed by atoms with Crippen LogP contribution in [-0.4, -0.2) is 47.1 Å². The van der Waals surface area contributed by atoms with Crippen LogP contribution in [-0.2, 0) is 22.6 Å². The summed E-state index contributed by atoms with van der Waals surface area (Å²) in [5.74, 6) is 0.331. The summed E-state index contributed by atoms with van der Waals surface area (Å²) in [6, 6.07) is 7.40. The fourth-order valence-electron chi connectivity index (χ4n) is 3.63. The molecule has 1 N–H and O–H groups in total. The van der Waals surface area contributed by atoms with Gasteiger partial charge in [-0.1, -0.05) is 12.1 Å². The summed E-state index contributed by atoms with van der Waals surface area (Å²) in [5, 5.41) is 7.01. The van der Waals surface area contributed by atoms with E-state index in [1.165, 1.54) is 0 Å². The number of carbonyl (C=O) groups excluding carboxylic acids is 2. The molecule has 4 rings (SSSR count). The Morgan fingerprint density at radius 1 is 1.36 bits per heavy atom. The monoisotopic (exact) mass is 340 g/mol. The maximum Gasteiger partial charge on any atom is 0.228 e. The van der Waals surface area contributed by atoms with Gasteiger partial charge in [0.15, 0.2) is 0 Å². The molecule has 0 bridgehead atoms. The highest BCUT2D eigenvalue weighted by molar-refractivity contribution is 6.01. The van der Waals surface area contributed by atoms with E-state index >= 15 is 0 Å². The number of methoxy groups -OCH3 is 1. The molecule has 0 radical (unpaired) electrons. The quantitative estimate of drug-likeness (QED) is 0.915. The number of nitrogens with one attached hydrogen (secondary N) is 1.